The predicted molar refractivity (Wildman–Crippen MR) is 41.7 cm³/mol. The van der Waals surface area contributed by atoms with Crippen LogP contribution in [0.2, 0.25) is 0 Å². The lowest BCUT2D eigenvalue weighted by Crippen LogP contribution is -1.57. The zero-order valence-electron chi connectivity index (χ0n) is 4.29. The standard InChI is InChI=1S/C6H6S2/c1-2-5-3-4-8-6(5)7/h2-4,7H,1H2. The summed E-state index contributed by atoms with van der Waals surface area (Å²) < 4.78 is 1.04. The van der Waals surface area contributed by atoms with Crippen molar-refractivity contribution in [3.8, 4) is 0 Å². The molecule has 1 heterocycles. The van der Waals surface area contributed by atoms with E-state index >= 15 is 0 Å². The molecule has 0 radical (unpaired) electrons. The average Bonchev–Trinajstić information content (AvgIpc) is 2.14. The summed E-state index contributed by atoms with van der Waals surface area (Å²) in [7, 11) is 0. The molecule has 0 nitrogen and oxygen atoms in total. The summed E-state index contributed by atoms with van der Waals surface area (Å²) in [5.74, 6) is 0. The fraction of sp³-hybridized carbons (Fsp3) is 0. The van der Waals surface area contributed by atoms with Crippen molar-refractivity contribution in [2.45, 2.75) is 4.21 Å². The lowest BCUT2D eigenvalue weighted by Gasteiger charge is -1.81. The van der Waals surface area contributed by atoms with Crippen molar-refractivity contribution in [2.75, 3.05) is 0 Å². The Hall–Kier alpha value is -0.210. The predicted octanol–water partition coefficient (Wildman–Crippen LogP) is 2.68. The molecule has 0 fully saturated rings. The van der Waals surface area contributed by atoms with Crippen LogP contribution in [-0.2, 0) is 0 Å². The Bertz CT molecular complexity index is 188. The molecular formula is C6H6S2. The van der Waals surface area contributed by atoms with E-state index < -0.39 is 0 Å². The van der Waals surface area contributed by atoms with Crippen molar-refractivity contribution in [1.29, 1.82) is 0 Å². The van der Waals surface area contributed by atoms with Crippen molar-refractivity contribution in [1.82, 2.24) is 0 Å². The summed E-state index contributed by atoms with van der Waals surface area (Å²) in [4.78, 5) is 0. The molecule has 42 valence electrons. The first-order valence-corrected chi connectivity index (χ1v) is 3.56. The molecule has 0 aliphatic heterocycles. The van der Waals surface area contributed by atoms with Crippen LogP contribution >= 0.6 is 24.0 Å². The van der Waals surface area contributed by atoms with Crippen molar-refractivity contribution in [3.63, 3.8) is 0 Å². The Balaban J connectivity index is 3.09. The highest BCUT2D eigenvalue weighted by Gasteiger charge is 1.91. The smallest absolute Gasteiger partial charge is 0.0640 e. The average molecular weight is 142 g/mol. The van der Waals surface area contributed by atoms with Gasteiger partial charge in [-0.25, -0.2) is 0 Å². The van der Waals surface area contributed by atoms with E-state index in [4.69, 9.17) is 0 Å². The lowest BCUT2D eigenvalue weighted by molar-refractivity contribution is 1.68. The minimum atomic E-state index is 1.04. The molecule has 0 spiro atoms. The van der Waals surface area contributed by atoms with Crippen molar-refractivity contribution in [3.05, 3.63) is 23.6 Å². The van der Waals surface area contributed by atoms with Crippen molar-refractivity contribution in [2.24, 2.45) is 0 Å². The molecule has 0 N–H and O–H groups in total. The highest BCUT2D eigenvalue weighted by molar-refractivity contribution is 7.82. The van der Waals surface area contributed by atoms with Gasteiger partial charge in [0.2, 0.25) is 0 Å². The summed E-state index contributed by atoms with van der Waals surface area (Å²) in [6.45, 7) is 3.62. The summed E-state index contributed by atoms with van der Waals surface area (Å²) in [5.41, 5.74) is 1.12. The zero-order valence-corrected chi connectivity index (χ0v) is 6.01. The van der Waals surface area contributed by atoms with Gasteiger partial charge >= 0.3 is 0 Å². The summed E-state index contributed by atoms with van der Waals surface area (Å²) in [6.07, 6.45) is 1.80. The number of hydrogen-bond donors (Lipinski definition) is 1. The first kappa shape index (κ1) is 5.92. The summed E-state index contributed by atoms with van der Waals surface area (Å²) in [6, 6.07) is 2.00. The van der Waals surface area contributed by atoms with E-state index in [-0.39, 0.29) is 0 Å². The third kappa shape index (κ3) is 0.956. The van der Waals surface area contributed by atoms with E-state index in [1.54, 1.807) is 17.4 Å². The van der Waals surface area contributed by atoms with Crippen LogP contribution in [0.5, 0.6) is 0 Å². The molecule has 2 heteroatoms. The molecule has 1 rings (SSSR count). The van der Waals surface area contributed by atoms with E-state index in [9.17, 15) is 0 Å². The number of hydrogen-bond acceptors (Lipinski definition) is 2. The highest BCUT2D eigenvalue weighted by Crippen LogP contribution is 2.20. The monoisotopic (exact) mass is 142 g/mol. The molecule has 0 saturated carbocycles. The van der Waals surface area contributed by atoms with E-state index in [0.29, 0.717) is 0 Å². The van der Waals surface area contributed by atoms with Crippen LogP contribution in [0.3, 0.4) is 0 Å². The molecule has 1 aromatic heterocycles. The summed E-state index contributed by atoms with van der Waals surface area (Å²) in [5, 5.41) is 2.00. The minimum Gasteiger partial charge on any atom is -0.137 e. The minimum absolute atomic E-state index is 1.04. The Morgan fingerprint density at radius 3 is 2.75 bits per heavy atom. The van der Waals surface area contributed by atoms with Crippen LogP contribution in [0.4, 0.5) is 0 Å². The molecule has 0 bridgehead atoms. The maximum absolute atomic E-state index is 4.18. The fourth-order valence-corrected chi connectivity index (χ4v) is 1.45. The Morgan fingerprint density at radius 2 is 2.50 bits per heavy atom. The van der Waals surface area contributed by atoms with Gasteiger partial charge < -0.3 is 0 Å². The quantitative estimate of drug-likeness (QED) is 0.573. The maximum Gasteiger partial charge on any atom is 0.0640 e. The van der Waals surface area contributed by atoms with Gasteiger partial charge in [-0.3, -0.25) is 0 Å². The van der Waals surface area contributed by atoms with Crippen LogP contribution in [0.1, 0.15) is 5.56 Å². The highest BCUT2D eigenvalue weighted by atomic mass is 32.2. The SMILES string of the molecule is C=Cc1ccsc1S. The molecule has 0 unspecified atom stereocenters. The molecule has 1 aromatic rings. The number of thiophene rings is 1. The lowest BCUT2D eigenvalue weighted by atomic mass is 10.3. The van der Waals surface area contributed by atoms with Crippen molar-refractivity contribution < 1.29 is 0 Å². The van der Waals surface area contributed by atoms with Gasteiger partial charge in [-0.1, -0.05) is 12.7 Å². The third-order valence-corrected chi connectivity index (χ3v) is 2.20. The topological polar surface area (TPSA) is 0 Å². The van der Waals surface area contributed by atoms with E-state index in [2.05, 4.69) is 19.2 Å². The Kier molecular flexibility index (Phi) is 1.76. The Morgan fingerprint density at radius 1 is 1.75 bits per heavy atom. The second-order valence-electron chi connectivity index (χ2n) is 1.39. The van der Waals surface area contributed by atoms with E-state index in [1.807, 2.05) is 11.4 Å². The molecular weight excluding hydrogens is 136 g/mol. The maximum atomic E-state index is 4.18. The molecule has 8 heavy (non-hydrogen) atoms. The van der Waals surface area contributed by atoms with Crippen LogP contribution in [0.25, 0.3) is 6.08 Å². The second kappa shape index (κ2) is 2.37. The molecule has 0 aromatic carbocycles. The van der Waals surface area contributed by atoms with Gasteiger partial charge in [-0.15, -0.1) is 24.0 Å². The van der Waals surface area contributed by atoms with Crippen LogP contribution in [0.15, 0.2) is 22.2 Å². The van der Waals surface area contributed by atoms with E-state index in [1.165, 1.54) is 0 Å². The fourth-order valence-electron chi connectivity index (χ4n) is 0.466. The van der Waals surface area contributed by atoms with Gasteiger partial charge in [0, 0.05) is 0 Å². The molecule has 0 amide bonds. The Labute approximate surface area is 58.3 Å². The number of thiol groups is 1. The van der Waals surface area contributed by atoms with Crippen LogP contribution < -0.4 is 0 Å². The van der Waals surface area contributed by atoms with Crippen LogP contribution in [0, 0.1) is 0 Å². The third-order valence-electron chi connectivity index (χ3n) is 0.894. The van der Waals surface area contributed by atoms with Gasteiger partial charge in [0.05, 0.1) is 4.21 Å². The van der Waals surface area contributed by atoms with Crippen molar-refractivity contribution >= 4 is 30.0 Å². The van der Waals surface area contributed by atoms with E-state index in [0.717, 1.165) is 9.77 Å². The van der Waals surface area contributed by atoms with Gasteiger partial charge in [-0.2, -0.15) is 0 Å². The molecule has 0 aliphatic rings. The largest absolute Gasteiger partial charge is 0.137 e. The second-order valence-corrected chi connectivity index (χ2v) is 3.05. The zero-order chi connectivity index (χ0) is 5.98. The molecule has 0 atom stereocenters. The molecule has 0 saturated heterocycles. The number of rotatable bonds is 1. The van der Waals surface area contributed by atoms with Crippen LogP contribution in [-0.4, -0.2) is 0 Å². The van der Waals surface area contributed by atoms with Gasteiger partial charge in [0.15, 0.2) is 0 Å². The first-order chi connectivity index (χ1) is 3.84. The first-order valence-electron chi connectivity index (χ1n) is 2.23. The van der Waals surface area contributed by atoms with Gasteiger partial charge in [0.25, 0.3) is 0 Å². The molecule has 0 aliphatic carbocycles. The summed E-state index contributed by atoms with van der Waals surface area (Å²) >= 11 is 5.80. The van der Waals surface area contributed by atoms with Gasteiger partial charge in [0.1, 0.15) is 0 Å². The van der Waals surface area contributed by atoms with Gasteiger partial charge in [-0.05, 0) is 17.0 Å². The normalized spacial score (nSPS) is 9.12.